The molecule has 0 spiro atoms. The number of fused-ring (bicyclic) bond motifs is 1. The second-order valence-corrected chi connectivity index (χ2v) is 6.56. The lowest BCUT2D eigenvalue weighted by molar-refractivity contribution is -0.150. The van der Waals surface area contributed by atoms with Crippen molar-refractivity contribution in [1.82, 2.24) is 4.98 Å². The van der Waals surface area contributed by atoms with Crippen LogP contribution < -0.4 is 9.64 Å². The van der Waals surface area contributed by atoms with Gasteiger partial charge >= 0.3 is 5.97 Å². The lowest BCUT2D eigenvalue weighted by Crippen LogP contribution is -2.26. The smallest absolute Gasteiger partial charge is 0.347 e. The number of aromatic nitrogens is 1. The van der Waals surface area contributed by atoms with Gasteiger partial charge in [-0.2, -0.15) is 0 Å². The zero-order valence-corrected chi connectivity index (χ0v) is 16.5. The molecule has 5 nitrogen and oxygen atoms in total. The van der Waals surface area contributed by atoms with Crippen molar-refractivity contribution < 1.29 is 18.7 Å². The largest absolute Gasteiger partial charge is 0.479 e. The quantitative estimate of drug-likeness (QED) is 0.423. The maximum Gasteiger partial charge on any atom is 0.347 e. The van der Waals surface area contributed by atoms with Gasteiger partial charge in [-0.25, -0.2) is 14.2 Å². The van der Waals surface area contributed by atoms with Crippen LogP contribution >= 0.6 is 11.6 Å². The minimum atomic E-state index is -0.690. The highest BCUT2D eigenvalue weighted by atomic mass is 35.5. The number of esters is 1. The molecule has 0 bridgehead atoms. The van der Waals surface area contributed by atoms with Crippen molar-refractivity contribution >= 4 is 39.8 Å². The number of nitrogens with zero attached hydrogens (tertiary/aromatic N) is 2. The van der Waals surface area contributed by atoms with Crippen LogP contribution in [0.4, 0.5) is 15.9 Å². The molecule has 0 radical (unpaired) electrons. The van der Waals surface area contributed by atoms with Gasteiger partial charge in [-0.1, -0.05) is 17.7 Å². The summed E-state index contributed by atoms with van der Waals surface area (Å²) in [5, 5.41) is 1.60. The van der Waals surface area contributed by atoms with Crippen LogP contribution in [0.5, 0.6) is 5.75 Å². The minimum absolute atomic E-state index is 0.238. The molecule has 0 saturated heterocycles. The zero-order valence-electron chi connectivity index (χ0n) is 15.8. The molecule has 0 saturated carbocycles. The highest BCUT2D eigenvalue weighted by Crippen LogP contribution is 2.30. The van der Waals surface area contributed by atoms with Gasteiger partial charge in [-0.15, -0.1) is 0 Å². The topological polar surface area (TPSA) is 51.7 Å². The monoisotopic (exact) mass is 402 g/mol. The predicted octanol–water partition coefficient (Wildman–Crippen LogP) is 5.13. The van der Waals surface area contributed by atoms with Crippen molar-refractivity contribution in [2.75, 3.05) is 18.6 Å². The third-order valence-electron chi connectivity index (χ3n) is 4.23. The average Bonchev–Trinajstić information content (AvgIpc) is 2.68. The third-order valence-corrected chi connectivity index (χ3v) is 4.52. The molecule has 2 aromatic carbocycles. The summed E-state index contributed by atoms with van der Waals surface area (Å²) >= 11 is 6.24. The molecule has 0 N–H and O–H groups in total. The molecule has 146 valence electrons. The van der Waals surface area contributed by atoms with E-state index in [2.05, 4.69) is 4.98 Å². The summed E-state index contributed by atoms with van der Waals surface area (Å²) in [6.07, 6.45) is -0.690. The molecule has 0 aliphatic heterocycles. The molecular formula is C21H20ClFN2O3. The van der Waals surface area contributed by atoms with Crippen LogP contribution in [-0.4, -0.2) is 30.7 Å². The van der Waals surface area contributed by atoms with Crippen LogP contribution in [0.1, 0.15) is 13.8 Å². The second kappa shape index (κ2) is 8.44. The SMILES string of the molecule is CCOC(=O)C(C)Oc1ccc(N(C)c2cc3ccc(F)cc3c(Cl)n2)cc1. The van der Waals surface area contributed by atoms with E-state index in [1.807, 2.05) is 30.1 Å². The summed E-state index contributed by atoms with van der Waals surface area (Å²) < 4.78 is 23.9. The standard InChI is InChI=1S/C21H20ClFN2O3/c1-4-27-21(26)13(2)28-17-9-7-16(8-10-17)25(3)19-11-14-5-6-15(23)12-18(14)20(22)24-19/h5-13H,4H2,1-3H3. The Morgan fingerprint density at radius 1 is 1.21 bits per heavy atom. The first-order valence-electron chi connectivity index (χ1n) is 8.82. The lowest BCUT2D eigenvalue weighted by atomic mass is 10.1. The molecule has 1 heterocycles. The number of pyridine rings is 1. The Kier molecular flexibility index (Phi) is 5.99. The molecule has 0 aliphatic carbocycles. The Labute approximate surface area is 167 Å². The van der Waals surface area contributed by atoms with E-state index < -0.39 is 12.1 Å². The number of benzene rings is 2. The summed E-state index contributed by atoms with van der Waals surface area (Å²) in [7, 11) is 1.85. The lowest BCUT2D eigenvalue weighted by Gasteiger charge is -2.20. The van der Waals surface area contributed by atoms with Gasteiger partial charge in [0.25, 0.3) is 0 Å². The van der Waals surface area contributed by atoms with Gasteiger partial charge in [0.2, 0.25) is 0 Å². The number of anilines is 2. The van der Waals surface area contributed by atoms with E-state index in [-0.39, 0.29) is 11.0 Å². The molecule has 1 unspecified atom stereocenters. The Balaban J connectivity index is 1.79. The highest BCUT2D eigenvalue weighted by molar-refractivity contribution is 6.34. The van der Waals surface area contributed by atoms with Crippen LogP contribution in [0.25, 0.3) is 10.8 Å². The van der Waals surface area contributed by atoms with Crippen molar-refractivity contribution in [3.8, 4) is 5.75 Å². The van der Waals surface area contributed by atoms with E-state index in [9.17, 15) is 9.18 Å². The maximum absolute atomic E-state index is 13.4. The number of hydrogen-bond acceptors (Lipinski definition) is 5. The first-order chi connectivity index (χ1) is 13.4. The van der Waals surface area contributed by atoms with E-state index in [0.717, 1.165) is 11.1 Å². The van der Waals surface area contributed by atoms with Crippen molar-refractivity contribution in [3.05, 3.63) is 59.5 Å². The van der Waals surface area contributed by atoms with Gasteiger partial charge in [-0.3, -0.25) is 0 Å². The van der Waals surface area contributed by atoms with Crippen molar-refractivity contribution in [1.29, 1.82) is 0 Å². The van der Waals surface area contributed by atoms with Crippen molar-refractivity contribution in [2.24, 2.45) is 0 Å². The summed E-state index contributed by atoms with van der Waals surface area (Å²) in [5.74, 6) is 0.412. The van der Waals surface area contributed by atoms with Gasteiger partial charge in [-0.05, 0) is 61.7 Å². The number of carbonyl (C=O) groups excluding carboxylic acids is 1. The van der Waals surface area contributed by atoms with Gasteiger partial charge in [0.1, 0.15) is 22.5 Å². The van der Waals surface area contributed by atoms with Gasteiger partial charge < -0.3 is 14.4 Å². The maximum atomic E-state index is 13.4. The fourth-order valence-electron chi connectivity index (χ4n) is 2.73. The molecule has 1 atom stereocenters. The van der Waals surface area contributed by atoms with Gasteiger partial charge in [0, 0.05) is 18.1 Å². The number of carbonyl (C=O) groups is 1. The highest BCUT2D eigenvalue weighted by Gasteiger charge is 2.16. The average molecular weight is 403 g/mol. The summed E-state index contributed by atoms with van der Waals surface area (Å²) in [6.45, 7) is 3.70. The molecule has 28 heavy (non-hydrogen) atoms. The zero-order chi connectivity index (χ0) is 20.3. The Morgan fingerprint density at radius 3 is 2.61 bits per heavy atom. The normalized spacial score (nSPS) is 11.9. The molecular weight excluding hydrogens is 383 g/mol. The first kappa shape index (κ1) is 19.9. The van der Waals surface area contributed by atoms with Crippen molar-refractivity contribution in [3.63, 3.8) is 0 Å². The molecule has 3 rings (SSSR count). The second-order valence-electron chi connectivity index (χ2n) is 6.20. The molecule has 0 amide bonds. The molecule has 7 heteroatoms. The van der Waals surface area contributed by atoms with Gasteiger partial charge in [0.05, 0.1) is 6.61 Å². The fraction of sp³-hybridized carbons (Fsp3) is 0.238. The van der Waals surface area contributed by atoms with E-state index in [1.54, 1.807) is 32.0 Å². The third kappa shape index (κ3) is 4.34. The number of hydrogen-bond donors (Lipinski definition) is 0. The molecule has 3 aromatic rings. The van der Waals surface area contributed by atoms with Crippen LogP contribution in [0.15, 0.2) is 48.5 Å². The Hall–Kier alpha value is -2.86. The summed E-state index contributed by atoms with van der Waals surface area (Å²) in [6, 6.07) is 13.5. The summed E-state index contributed by atoms with van der Waals surface area (Å²) in [5.41, 5.74) is 0.848. The fourth-order valence-corrected chi connectivity index (χ4v) is 2.98. The summed E-state index contributed by atoms with van der Waals surface area (Å²) in [4.78, 5) is 17.9. The van der Waals surface area contributed by atoms with E-state index in [0.29, 0.717) is 23.6 Å². The first-order valence-corrected chi connectivity index (χ1v) is 9.19. The minimum Gasteiger partial charge on any atom is -0.479 e. The molecule has 0 aliphatic rings. The number of rotatable bonds is 6. The number of ether oxygens (including phenoxy) is 2. The van der Waals surface area contributed by atoms with Crippen LogP contribution in [0, 0.1) is 5.82 Å². The number of halogens is 2. The van der Waals surface area contributed by atoms with Crippen molar-refractivity contribution in [2.45, 2.75) is 20.0 Å². The van der Waals surface area contributed by atoms with Crippen LogP contribution in [0.3, 0.4) is 0 Å². The van der Waals surface area contributed by atoms with E-state index in [4.69, 9.17) is 21.1 Å². The molecule has 0 fully saturated rings. The van der Waals surface area contributed by atoms with Gasteiger partial charge in [0.15, 0.2) is 6.10 Å². The van der Waals surface area contributed by atoms with E-state index >= 15 is 0 Å². The van der Waals surface area contributed by atoms with E-state index in [1.165, 1.54) is 12.1 Å². The molecule has 1 aromatic heterocycles. The van der Waals surface area contributed by atoms with Crippen LogP contribution in [-0.2, 0) is 9.53 Å². The Bertz CT molecular complexity index is 995. The van der Waals surface area contributed by atoms with Crippen LogP contribution in [0.2, 0.25) is 5.15 Å². The Morgan fingerprint density at radius 2 is 1.93 bits per heavy atom. The predicted molar refractivity (Wildman–Crippen MR) is 108 cm³/mol.